The molecule has 2 aromatic carbocycles. The fourth-order valence-electron chi connectivity index (χ4n) is 3.53. The van der Waals surface area contributed by atoms with Gasteiger partial charge in [0.2, 0.25) is 0 Å². The highest BCUT2D eigenvalue weighted by atomic mass is 35.5. The maximum absolute atomic E-state index is 13.0. The standard InChI is InChI=1S/C20H18F3N3O4S2.ClH/c1-13-6-7-16-15(10-13)17(25-32(29,30)20(21,22)23)11-19(24-16)26-8-9-31(27,28)18-5-3-2-4-14(18)12-26;/h2-7,10-11H,8-9,12H2,1H3,(H,24,25);1H. The van der Waals surface area contributed by atoms with Gasteiger partial charge in [0.1, 0.15) is 5.82 Å². The lowest BCUT2D eigenvalue weighted by atomic mass is 10.1. The number of nitrogens with zero attached hydrogens (tertiary/aromatic N) is 2. The summed E-state index contributed by atoms with van der Waals surface area (Å²) in [6.45, 7) is 1.89. The number of alkyl halides is 3. The van der Waals surface area contributed by atoms with Gasteiger partial charge in [0, 0.05) is 24.5 Å². The topological polar surface area (TPSA) is 96.4 Å². The van der Waals surface area contributed by atoms with E-state index >= 15 is 0 Å². The van der Waals surface area contributed by atoms with Crippen LogP contribution in [0.1, 0.15) is 11.1 Å². The van der Waals surface area contributed by atoms with Crippen LogP contribution in [0.5, 0.6) is 0 Å². The zero-order chi connectivity index (χ0) is 23.3. The maximum atomic E-state index is 13.0. The second-order valence-corrected chi connectivity index (χ2v) is 11.2. The molecule has 0 saturated carbocycles. The molecule has 1 aliphatic heterocycles. The summed E-state index contributed by atoms with van der Waals surface area (Å²) in [6, 6.07) is 12.5. The van der Waals surface area contributed by atoms with Crippen molar-refractivity contribution in [2.75, 3.05) is 21.9 Å². The van der Waals surface area contributed by atoms with Crippen molar-refractivity contribution in [3.63, 3.8) is 0 Å². The van der Waals surface area contributed by atoms with Crippen LogP contribution in [-0.4, -0.2) is 39.6 Å². The molecular formula is C20H19ClF3N3O4S2. The minimum absolute atomic E-state index is 0. The summed E-state index contributed by atoms with van der Waals surface area (Å²) < 4.78 is 89.5. The Morgan fingerprint density at radius 3 is 2.48 bits per heavy atom. The van der Waals surface area contributed by atoms with Crippen molar-refractivity contribution >= 4 is 54.7 Å². The second-order valence-electron chi connectivity index (χ2n) is 7.45. The van der Waals surface area contributed by atoms with E-state index in [1.54, 1.807) is 46.9 Å². The molecule has 0 radical (unpaired) electrons. The number of hydrogen-bond donors (Lipinski definition) is 1. The Bertz CT molecular complexity index is 1430. The van der Waals surface area contributed by atoms with Gasteiger partial charge in [-0.05, 0) is 30.7 Å². The number of benzene rings is 2. The molecule has 0 saturated heterocycles. The molecule has 0 fully saturated rings. The van der Waals surface area contributed by atoms with Crippen molar-refractivity contribution in [1.82, 2.24) is 4.98 Å². The van der Waals surface area contributed by atoms with Gasteiger partial charge in [-0.3, -0.25) is 4.72 Å². The first kappa shape index (κ1) is 25.1. The van der Waals surface area contributed by atoms with Gasteiger partial charge in [-0.1, -0.05) is 29.8 Å². The van der Waals surface area contributed by atoms with Gasteiger partial charge in [-0.15, -0.1) is 12.4 Å². The highest BCUT2D eigenvalue weighted by molar-refractivity contribution is 7.93. The molecule has 33 heavy (non-hydrogen) atoms. The van der Waals surface area contributed by atoms with Crippen LogP contribution in [0.4, 0.5) is 24.7 Å². The van der Waals surface area contributed by atoms with Gasteiger partial charge in [0.25, 0.3) is 0 Å². The van der Waals surface area contributed by atoms with Crippen LogP contribution in [0.15, 0.2) is 53.4 Å². The van der Waals surface area contributed by atoms with E-state index in [2.05, 4.69) is 4.98 Å². The van der Waals surface area contributed by atoms with E-state index < -0.39 is 25.4 Å². The normalized spacial score (nSPS) is 15.9. The number of nitrogens with one attached hydrogen (secondary N) is 1. The van der Waals surface area contributed by atoms with Crippen LogP contribution in [0.25, 0.3) is 10.9 Å². The molecule has 2 heterocycles. The monoisotopic (exact) mass is 521 g/mol. The summed E-state index contributed by atoms with van der Waals surface area (Å²) in [6.07, 6.45) is 0. The molecule has 13 heteroatoms. The number of halogens is 4. The summed E-state index contributed by atoms with van der Waals surface area (Å²) in [5.41, 5.74) is -4.29. The lowest BCUT2D eigenvalue weighted by Gasteiger charge is -2.23. The van der Waals surface area contributed by atoms with Crippen molar-refractivity contribution in [3.8, 4) is 0 Å². The SMILES string of the molecule is Cc1ccc2nc(N3CCS(=O)(=O)c4ccccc4C3)cc(NS(=O)(=O)C(F)(F)F)c2c1.Cl. The zero-order valence-corrected chi connectivity index (χ0v) is 19.6. The third kappa shape index (κ3) is 4.87. The minimum Gasteiger partial charge on any atom is -0.351 e. The van der Waals surface area contributed by atoms with Crippen molar-refractivity contribution in [3.05, 3.63) is 59.7 Å². The third-order valence-electron chi connectivity index (χ3n) is 5.12. The number of rotatable bonds is 3. The molecule has 0 aliphatic carbocycles. The molecule has 4 rings (SSSR count). The summed E-state index contributed by atoms with van der Waals surface area (Å²) in [4.78, 5) is 6.27. The first-order chi connectivity index (χ1) is 14.9. The quantitative estimate of drug-likeness (QED) is 0.559. The van der Waals surface area contributed by atoms with Crippen LogP contribution >= 0.6 is 12.4 Å². The first-order valence-corrected chi connectivity index (χ1v) is 12.6. The molecule has 178 valence electrons. The summed E-state index contributed by atoms with van der Waals surface area (Å²) >= 11 is 0. The van der Waals surface area contributed by atoms with E-state index in [0.29, 0.717) is 11.1 Å². The van der Waals surface area contributed by atoms with Crippen LogP contribution in [-0.2, 0) is 26.4 Å². The van der Waals surface area contributed by atoms with Gasteiger partial charge in [-0.25, -0.2) is 13.4 Å². The van der Waals surface area contributed by atoms with Gasteiger partial charge < -0.3 is 4.90 Å². The van der Waals surface area contributed by atoms with E-state index in [0.717, 1.165) is 0 Å². The Morgan fingerprint density at radius 1 is 1.09 bits per heavy atom. The Kier molecular flexibility index (Phi) is 6.57. The van der Waals surface area contributed by atoms with Gasteiger partial charge in [0.15, 0.2) is 9.84 Å². The van der Waals surface area contributed by atoms with E-state index in [1.807, 2.05) is 0 Å². The molecule has 3 aromatic rings. The number of fused-ring (bicyclic) bond motifs is 2. The Balaban J connectivity index is 0.00000306. The molecule has 0 bridgehead atoms. The first-order valence-electron chi connectivity index (χ1n) is 9.43. The molecule has 7 nitrogen and oxygen atoms in total. The van der Waals surface area contributed by atoms with Crippen LogP contribution in [0.3, 0.4) is 0 Å². The predicted octanol–water partition coefficient (Wildman–Crippen LogP) is 4.02. The Morgan fingerprint density at radius 2 is 1.79 bits per heavy atom. The van der Waals surface area contributed by atoms with Crippen LogP contribution in [0.2, 0.25) is 0 Å². The molecule has 1 N–H and O–H groups in total. The molecule has 0 spiro atoms. The van der Waals surface area contributed by atoms with E-state index in [9.17, 15) is 30.0 Å². The number of hydrogen-bond acceptors (Lipinski definition) is 6. The molecule has 0 amide bonds. The summed E-state index contributed by atoms with van der Waals surface area (Å²) in [7, 11) is -9.22. The molecule has 1 aromatic heterocycles. The van der Waals surface area contributed by atoms with Gasteiger partial charge in [0.05, 0.1) is 21.9 Å². The zero-order valence-electron chi connectivity index (χ0n) is 17.1. The molecule has 1 aliphatic rings. The number of sulfone groups is 1. The maximum Gasteiger partial charge on any atom is 0.516 e. The van der Waals surface area contributed by atoms with Crippen molar-refractivity contribution < 1.29 is 30.0 Å². The number of pyridine rings is 1. The minimum atomic E-state index is -5.67. The highest BCUT2D eigenvalue weighted by Gasteiger charge is 2.46. The molecule has 0 unspecified atom stereocenters. The third-order valence-corrected chi connectivity index (χ3v) is 8.01. The van der Waals surface area contributed by atoms with Crippen LogP contribution in [0, 0.1) is 6.92 Å². The smallest absolute Gasteiger partial charge is 0.351 e. The van der Waals surface area contributed by atoms with E-state index in [1.165, 1.54) is 18.2 Å². The Labute approximate surface area is 195 Å². The fourth-order valence-corrected chi connectivity index (χ4v) is 5.61. The van der Waals surface area contributed by atoms with Crippen LogP contribution < -0.4 is 9.62 Å². The Hall–Kier alpha value is -2.57. The van der Waals surface area contributed by atoms with Gasteiger partial charge >= 0.3 is 15.5 Å². The van der Waals surface area contributed by atoms with Crippen molar-refractivity contribution in [1.29, 1.82) is 0 Å². The predicted molar refractivity (Wildman–Crippen MR) is 122 cm³/mol. The average Bonchev–Trinajstić information content (AvgIpc) is 2.83. The number of anilines is 2. The number of aromatic nitrogens is 1. The summed E-state index contributed by atoms with van der Waals surface area (Å²) in [5.74, 6) is -0.0607. The lowest BCUT2D eigenvalue weighted by Crippen LogP contribution is -2.30. The highest BCUT2D eigenvalue weighted by Crippen LogP contribution is 2.34. The summed E-state index contributed by atoms with van der Waals surface area (Å²) in [5, 5.41) is 0.199. The van der Waals surface area contributed by atoms with Gasteiger partial charge in [-0.2, -0.15) is 21.6 Å². The van der Waals surface area contributed by atoms with Crippen molar-refractivity contribution in [2.24, 2.45) is 0 Å². The largest absolute Gasteiger partial charge is 0.516 e. The lowest BCUT2D eigenvalue weighted by molar-refractivity contribution is -0.0429. The number of sulfonamides is 1. The van der Waals surface area contributed by atoms with E-state index in [-0.39, 0.29) is 58.6 Å². The van der Waals surface area contributed by atoms with E-state index in [4.69, 9.17) is 0 Å². The fraction of sp³-hybridized carbons (Fsp3) is 0.250. The molecular weight excluding hydrogens is 503 g/mol. The van der Waals surface area contributed by atoms with Crippen molar-refractivity contribution in [2.45, 2.75) is 23.9 Å². The number of aryl methyl sites for hydroxylation is 1. The molecule has 0 atom stereocenters. The average molecular weight is 522 g/mol. The second kappa shape index (κ2) is 8.65.